The van der Waals surface area contributed by atoms with Crippen molar-refractivity contribution in [3.63, 3.8) is 0 Å². The molecule has 0 fully saturated rings. The molecule has 1 aromatic heterocycles. The molecule has 2 N–H and O–H groups in total. The third kappa shape index (κ3) is 5.10. The Balaban J connectivity index is 2.35. The predicted octanol–water partition coefficient (Wildman–Crippen LogP) is 4.20. The summed E-state index contributed by atoms with van der Waals surface area (Å²) in [6.07, 6.45) is -3.79. The topological polar surface area (TPSA) is 53.1 Å². The van der Waals surface area contributed by atoms with Crippen molar-refractivity contribution in [1.29, 1.82) is 0 Å². The molecule has 0 amide bonds. The largest absolute Gasteiger partial charge is 0.421 e. The van der Waals surface area contributed by atoms with Gasteiger partial charge in [0.2, 0.25) is 5.95 Å². The third-order valence-electron chi connectivity index (χ3n) is 3.31. The summed E-state index contributed by atoms with van der Waals surface area (Å²) in [5.41, 5.74) is -0.385. The average molecular weight is 394 g/mol. The van der Waals surface area contributed by atoms with Gasteiger partial charge in [-0.2, -0.15) is 18.2 Å². The van der Waals surface area contributed by atoms with Crippen LogP contribution in [0.2, 0.25) is 10.0 Å². The van der Waals surface area contributed by atoms with Gasteiger partial charge in [0.1, 0.15) is 11.4 Å². The molecule has 5 nitrogen and oxygen atoms in total. The first-order valence-corrected chi connectivity index (χ1v) is 8.00. The van der Waals surface area contributed by atoms with E-state index in [4.69, 9.17) is 23.2 Å². The molecule has 0 saturated heterocycles. The standard InChI is InChI=1S/C15H16Cl2F3N5/c1-21-5-6-25(2)13-10(15(18,19)20)8-22-14(24-13)23-9-3-4-11(16)12(17)7-9/h3-4,7-8,21H,5-6H2,1-2H3,(H,22,23,24). The first-order chi connectivity index (χ1) is 11.7. The van der Waals surface area contributed by atoms with E-state index < -0.39 is 11.7 Å². The molecular formula is C15H16Cl2F3N5. The van der Waals surface area contributed by atoms with Crippen LogP contribution >= 0.6 is 23.2 Å². The van der Waals surface area contributed by atoms with Crippen LogP contribution in [0.4, 0.5) is 30.6 Å². The molecule has 136 valence electrons. The van der Waals surface area contributed by atoms with E-state index in [0.717, 1.165) is 6.20 Å². The van der Waals surface area contributed by atoms with Crippen LogP contribution in [0, 0.1) is 0 Å². The van der Waals surface area contributed by atoms with Crippen molar-refractivity contribution in [2.75, 3.05) is 37.4 Å². The number of benzene rings is 1. The number of aromatic nitrogens is 2. The summed E-state index contributed by atoms with van der Waals surface area (Å²) in [5.74, 6) is -0.182. The summed E-state index contributed by atoms with van der Waals surface area (Å²) in [6, 6.07) is 4.73. The predicted molar refractivity (Wildman–Crippen MR) is 94.0 cm³/mol. The summed E-state index contributed by atoms with van der Waals surface area (Å²) in [6.45, 7) is 0.857. The van der Waals surface area contributed by atoms with Crippen molar-refractivity contribution in [1.82, 2.24) is 15.3 Å². The average Bonchev–Trinajstić information content (AvgIpc) is 2.55. The lowest BCUT2D eigenvalue weighted by atomic mass is 10.2. The highest BCUT2D eigenvalue weighted by Gasteiger charge is 2.36. The second-order valence-electron chi connectivity index (χ2n) is 5.21. The molecule has 25 heavy (non-hydrogen) atoms. The summed E-state index contributed by atoms with van der Waals surface area (Å²) >= 11 is 11.8. The Kier molecular flexibility index (Phi) is 6.31. The highest BCUT2D eigenvalue weighted by atomic mass is 35.5. The van der Waals surface area contributed by atoms with Crippen molar-refractivity contribution in [2.24, 2.45) is 0 Å². The number of hydrogen-bond acceptors (Lipinski definition) is 5. The van der Waals surface area contributed by atoms with Crippen molar-refractivity contribution in [2.45, 2.75) is 6.18 Å². The van der Waals surface area contributed by atoms with Gasteiger partial charge < -0.3 is 15.5 Å². The van der Waals surface area contributed by atoms with E-state index >= 15 is 0 Å². The molecule has 0 radical (unpaired) electrons. The lowest BCUT2D eigenvalue weighted by Crippen LogP contribution is -2.30. The number of anilines is 3. The van der Waals surface area contributed by atoms with Crippen molar-refractivity contribution >= 4 is 40.7 Å². The van der Waals surface area contributed by atoms with Gasteiger partial charge in [-0.1, -0.05) is 23.2 Å². The number of hydrogen-bond donors (Lipinski definition) is 2. The number of likely N-dealkylation sites (N-methyl/N-ethyl adjacent to an activating group) is 2. The Morgan fingerprint density at radius 1 is 1.20 bits per heavy atom. The SMILES string of the molecule is CNCCN(C)c1nc(Nc2ccc(Cl)c(Cl)c2)ncc1C(F)(F)F. The van der Waals surface area contributed by atoms with Gasteiger partial charge in [-0.05, 0) is 25.2 Å². The van der Waals surface area contributed by atoms with Crippen LogP contribution in [0.15, 0.2) is 24.4 Å². The number of alkyl halides is 3. The second kappa shape index (κ2) is 8.07. The Hall–Kier alpha value is -1.77. The van der Waals surface area contributed by atoms with E-state index in [2.05, 4.69) is 20.6 Å². The van der Waals surface area contributed by atoms with Gasteiger partial charge in [0.05, 0.1) is 10.0 Å². The van der Waals surface area contributed by atoms with Gasteiger partial charge in [-0.15, -0.1) is 0 Å². The Labute approximate surface area is 153 Å². The van der Waals surface area contributed by atoms with Gasteiger partial charge in [-0.25, -0.2) is 4.98 Å². The number of rotatable bonds is 6. The molecule has 2 rings (SSSR count). The second-order valence-corrected chi connectivity index (χ2v) is 6.02. The molecule has 0 spiro atoms. The fourth-order valence-electron chi connectivity index (χ4n) is 2.01. The zero-order chi connectivity index (χ0) is 18.6. The highest BCUT2D eigenvalue weighted by molar-refractivity contribution is 6.42. The van der Waals surface area contributed by atoms with Crippen molar-refractivity contribution in [3.05, 3.63) is 40.0 Å². The van der Waals surface area contributed by atoms with E-state index in [1.165, 1.54) is 18.0 Å². The van der Waals surface area contributed by atoms with Gasteiger partial charge in [0, 0.05) is 32.0 Å². The number of halogens is 5. The Morgan fingerprint density at radius 3 is 2.52 bits per heavy atom. The zero-order valence-electron chi connectivity index (χ0n) is 13.5. The van der Waals surface area contributed by atoms with Crippen LogP contribution < -0.4 is 15.5 Å². The molecule has 0 bridgehead atoms. The number of nitrogens with one attached hydrogen (secondary N) is 2. The van der Waals surface area contributed by atoms with E-state index in [9.17, 15) is 13.2 Å². The Bertz CT molecular complexity index is 740. The lowest BCUT2D eigenvalue weighted by molar-refractivity contribution is -0.137. The minimum atomic E-state index is -4.55. The van der Waals surface area contributed by atoms with Gasteiger partial charge in [0.15, 0.2) is 0 Å². The van der Waals surface area contributed by atoms with Gasteiger partial charge >= 0.3 is 6.18 Å². The fourth-order valence-corrected chi connectivity index (χ4v) is 2.31. The molecule has 1 heterocycles. The molecule has 2 aromatic rings. The minimum absolute atomic E-state index is 0.0256. The van der Waals surface area contributed by atoms with Crippen LogP contribution in [0.25, 0.3) is 0 Å². The summed E-state index contributed by atoms with van der Waals surface area (Å²) in [4.78, 5) is 9.19. The van der Waals surface area contributed by atoms with Gasteiger partial charge in [-0.3, -0.25) is 0 Å². The van der Waals surface area contributed by atoms with Crippen LogP contribution in [0.5, 0.6) is 0 Å². The Morgan fingerprint density at radius 2 is 1.92 bits per heavy atom. The normalized spacial score (nSPS) is 11.5. The van der Waals surface area contributed by atoms with Gasteiger partial charge in [0.25, 0.3) is 0 Å². The lowest BCUT2D eigenvalue weighted by Gasteiger charge is -2.22. The molecular weight excluding hydrogens is 378 g/mol. The summed E-state index contributed by atoms with van der Waals surface area (Å²) in [7, 11) is 3.26. The molecule has 10 heteroatoms. The minimum Gasteiger partial charge on any atom is -0.358 e. The maximum atomic E-state index is 13.2. The molecule has 0 aliphatic carbocycles. The zero-order valence-corrected chi connectivity index (χ0v) is 15.0. The maximum Gasteiger partial charge on any atom is 0.421 e. The molecule has 0 atom stereocenters. The molecule has 0 unspecified atom stereocenters. The van der Waals surface area contributed by atoms with Crippen molar-refractivity contribution < 1.29 is 13.2 Å². The summed E-state index contributed by atoms with van der Waals surface area (Å²) in [5, 5.41) is 6.39. The molecule has 0 aliphatic heterocycles. The monoisotopic (exact) mass is 393 g/mol. The number of nitrogens with zero attached hydrogens (tertiary/aromatic N) is 3. The van der Waals surface area contributed by atoms with E-state index in [1.807, 2.05) is 0 Å². The molecule has 0 aliphatic rings. The molecule has 1 aromatic carbocycles. The van der Waals surface area contributed by atoms with Crippen LogP contribution in [0.1, 0.15) is 5.56 Å². The fraction of sp³-hybridized carbons (Fsp3) is 0.333. The maximum absolute atomic E-state index is 13.2. The van der Waals surface area contributed by atoms with E-state index in [1.54, 1.807) is 19.2 Å². The van der Waals surface area contributed by atoms with E-state index in [-0.39, 0.29) is 11.8 Å². The first-order valence-electron chi connectivity index (χ1n) is 7.24. The van der Waals surface area contributed by atoms with E-state index in [0.29, 0.717) is 28.8 Å². The summed E-state index contributed by atoms with van der Waals surface area (Å²) < 4.78 is 39.6. The highest BCUT2D eigenvalue weighted by Crippen LogP contribution is 2.35. The van der Waals surface area contributed by atoms with Crippen LogP contribution in [-0.2, 0) is 6.18 Å². The van der Waals surface area contributed by atoms with Crippen LogP contribution in [-0.4, -0.2) is 37.2 Å². The quantitative estimate of drug-likeness (QED) is 0.769. The smallest absolute Gasteiger partial charge is 0.358 e. The third-order valence-corrected chi connectivity index (χ3v) is 4.05. The van der Waals surface area contributed by atoms with Crippen molar-refractivity contribution in [3.8, 4) is 0 Å². The molecule has 0 saturated carbocycles. The first kappa shape index (κ1) is 19.6. The van der Waals surface area contributed by atoms with Crippen LogP contribution in [0.3, 0.4) is 0 Å².